The lowest BCUT2D eigenvalue weighted by Gasteiger charge is -2.60. The zero-order chi connectivity index (χ0) is 33.8. The number of Topliss-reactive ketones (excluding diaryl/α,β-unsaturated/α-hetero) is 4. The molecule has 240 valence electrons. The molecule has 2 unspecified atom stereocenters. The molecule has 0 heterocycles. The highest BCUT2D eigenvalue weighted by molar-refractivity contribution is 6.33. The molecule has 4 rings (SSSR count). The van der Waals surface area contributed by atoms with Crippen molar-refractivity contribution >= 4 is 40.8 Å². The molecule has 1 aromatic rings. The van der Waals surface area contributed by atoms with E-state index in [-0.39, 0.29) is 29.7 Å². The number of ketones is 4. The minimum atomic E-state index is -2.83. The Labute approximate surface area is 259 Å². The van der Waals surface area contributed by atoms with E-state index in [1.807, 2.05) is 0 Å². The second-order valence-corrected chi connectivity index (χ2v) is 12.5. The van der Waals surface area contributed by atoms with Crippen LogP contribution in [0.5, 0.6) is 5.75 Å². The minimum Gasteiger partial charge on any atom is -0.507 e. The molecule has 6 atom stereocenters. The Morgan fingerprint density at radius 3 is 2.33 bits per heavy atom. The highest BCUT2D eigenvalue weighted by atomic mass is 16.3. The maximum absolute atomic E-state index is 14.5. The summed E-state index contributed by atoms with van der Waals surface area (Å²) in [6.45, 7) is 3.72. The molecule has 3 aliphatic rings. The van der Waals surface area contributed by atoms with Crippen molar-refractivity contribution in [2.45, 2.75) is 42.9 Å². The van der Waals surface area contributed by atoms with Crippen molar-refractivity contribution in [1.82, 2.24) is 15.5 Å². The first-order valence-electron chi connectivity index (χ1n) is 14.2. The average molecular weight is 623 g/mol. The number of carbonyl (C=O) groups is 6. The first kappa shape index (κ1) is 33.2. The van der Waals surface area contributed by atoms with E-state index >= 15 is 0 Å². The molecule has 1 aromatic carbocycles. The molecule has 2 saturated carbocycles. The van der Waals surface area contributed by atoms with E-state index in [1.54, 1.807) is 37.2 Å². The van der Waals surface area contributed by atoms with Gasteiger partial charge in [-0.15, -0.1) is 6.58 Å². The Morgan fingerprint density at radius 2 is 1.80 bits per heavy atom. The number of rotatable bonds is 8. The topological polar surface area (TPSA) is 255 Å². The lowest BCUT2D eigenvalue weighted by atomic mass is 9.42. The SMILES string of the molecule is C=CCCNC(=O)NCc1cc(N(C)C)c2c(c1O)C(=O)C1C(=O)[C@]3(C#N)C(=O)C(C(N)=O)C(=O)[C@@H](N(C)C)[C@]3(N)C[C@]1(N)C2. The van der Waals surface area contributed by atoms with Gasteiger partial charge in [0.2, 0.25) is 5.91 Å². The molecular weight excluding hydrogens is 584 g/mol. The molecule has 15 nitrogen and oxygen atoms in total. The van der Waals surface area contributed by atoms with Crippen LogP contribution in [0.1, 0.15) is 34.3 Å². The number of amides is 3. The van der Waals surface area contributed by atoms with Crippen LogP contribution in [-0.4, -0.2) is 96.9 Å². The van der Waals surface area contributed by atoms with E-state index in [9.17, 15) is 39.1 Å². The number of nitrogens with two attached hydrogens (primary N) is 3. The highest BCUT2D eigenvalue weighted by Gasteiger charge is 2.78. The summed E-state index contributed by atoms with van der Waals surface area (Å²) in [6, 6.07) is 1.23. The first-order valence-corrected chi connectivity index (χ1v) is 14.2. The number of hydrogen-bond donors (Lipinski definition) is 6. The quantitative estimate of drug-likeness (QED) is 0.107. The van der Waals surface area contributed by atoms with Gasteiger partial charge in [-0.3, -0.25) is 28.9 Å². The second kappa shape index (κ2) is 11.4. The molecule has 3 amide bonds. The molecule has 0 aliphatic heterocycles. The van der Waals surface area contributed by atoms with Crippen LogP contribution in [0, 0.1) is 28.6 Å². The van der Waals surface area contributed by atoms with Crippen LogP contribution in [0.15, 0.2) is 18.7 Å². The predicted molar refractivity (Wildman–Crippen MR) is 161 cm³/mol. The monoisotopic (exact) mass is 622 g/mol. The van der Waals surface area contributed by atoms with Gasteiger partial charge in [-0.1, -0.05) is 6.08 Å². The van der Waals surface area contributed by atoms with Crippen molar-refractivity contribution < 1.29 is 33.9 Å². The number of phenols is 1. The summed E-state index contributed by atoms with van der Waals surface area (Å²) in [7, 11) is 6.25. The molecule has 0 spiro atoms. The van der Waals surface area contributed by atoms with Crippen LogP contribution in [0.3, 0.4) is 0 Å². The standard InChI is InChI=1S/C30H38N8O7/c1-6-7-8-35-27(45)36-11-14-9-16(37(2)3)15-10-28(33)12-30(34)23(38(4)5)22(41)18(26(32)44)24(42)29(30,13-31)25(43)19(28)21(40)17(15)20(14)39/h6,9,18-19,23,39H,1,7-8,10-12,33-34H2,2-5H3,(H2,32,44)(H2,35,36,45)/t18?,19?,23-,28-,29+,30-/m1/s1. The van der Waals surface area contributed by atoms with Crippen molar-refractivity contribution in [2.75, 3.05) is 39.6 Å². The zero-order valence-corrected chi connectivity index (χ0v) is 25.6. The number of urea groups is 1. The smallest absolute Gasteiger partial charge is 0.315 e. The molecule has 0 radical (unpaired) electrons. The molecule has 9 N–H and O–H groups in total. The highest BCUT2D eigenvalue weighted by Crippen LogP contribution is 2.57. The summed E-state index contributed by atoms with van der Waals surface area (Å²) in [4.78, 5) is 83.9. The van der Waals surface area contributed by atoms with Gasteiger partial charge < -0.3 is 37.8 Å². The number of benzene rings is 1. The van der Waals surface area contributed by atoms with Gasteiger partial charge in [0.15, 0.2) is 34.5 Å². The van der Waals surface area contributed by atoms with E-state index in [4.69, 9.17) is 17.2 Å². The van der Waals surface area contributed by atoms with Crippen molar-refractivity contribution in [3.8, 4) is 11.8 Å². The Hall–Kier alpha value is -4.65. The number of anilines is 1. The number of nitrogens with one attached hydrogen (secondary N) is 2. The molecule has 0 bridgehead atoms. The summed E-state index contributed by atoms with van der Waals surface area (Å²) >= 11 is 0. The lowest BCUT2D eigenvalue weighted by molar-refractivity contribution is -0.166. The maximum Gasteiger partial charge on any atom is 0.315 e. The summed E-state index contributed by atoms with van der Waals surface area (Å²) in [6.07, 6.45) is 1.45. The molecule has 45 heavy (non-hydrogen) atoms. The van der Waals surface area contributed by atoms with Gasteiger partial charge in [0.1, 0.15) is 11.7 Å². The third-order valence-electron chi connectivity index (χ3n) is 9.20. The normalized spacial score (nSPS) is 30.5. The predicted octanol–water partition coefficient (Wildman–Crippen LogP) is -1.75. The van der Waals surface area contributed by atoms with Gasteiger partial charge in [-0.2, -0.15) is 5.26 Å². The zero-order valence-electron chi connectivity index (χ0n) is 25.6. The number of phenolic OH excluding ortho intramolecular Hbond substituents is 1. The summed E-state index contributed by atoms with van der Waals surface area (Å²) < 4.78 is 0. The summed E-state index contributed by atoms with van der Waals surface area (Å²) in [5, 5.41) is 27.1. The van der Waals surface area contributed by atoms with Crippen LogP contribution in [-0.2, 0) is 32.1 Å². The van der Waals surface area contributed by atoms with E-state index in [0.29, 0.717) is 18.7 Å². The maximum atomic E-state index is 14.5. The Bertz CT molecular complexity index is 1580. The van der Waals surface area contributed by atoms with Crippen molar-refractivity contribution in [3.05, 3.63) is 35.4 Å². The third-order valence-corrected chi connectivity index (χ3v) is 9.20. The van der Waals surface area contributed by atoms with Gasteiger partial charge in [0.25, 0.3) is 0 Å². The Morgan fingerprint density at radius 1 is 1.16 bits per heavy atom. The molecule has 3 aliphatic carbocycles. The number of primary amides is 1. The summed E-state index contributed by atoms with van der Waals surface area (Å²) in [5.41, 5.74) is 12.9. The molecular formula is C30H38N8O7. The van der Waals surface area contributed by atoms with Gasteiger partial charge in [0, 0.05) is 44.0 Å². The Balaban J connectivity index is 1.90. The fraction of sp³-hybridized carbons (Fsp3) is 0.500. The average Bonchev–Trinajstić information content (AvgIpc) is 2.91. The van der Waals surface area contributed by atoms with Crippen molar-refractivity contribution in [3.63, 3.8) is 0 Å². The minimum absolute atomic E-state index is 0.154. The van der Waals surface area contributed by atoms with Gasteiger partial charge in [-0.05, 0) is 45.0 Å². The Kier molecular flexibility index (Phi) is 8.40. The molecule has 2 fully saturated rings. The van der Waals surface area contributed by atoms with Crippen LogP contribution >= 0.6 is 0 Å². The van der Waals surface area contributed by atoms with E-state index in [0.717, 1.165) is 0 Å². The summed E-state index contributed by atoms with van der Waals surface area (Å²) in [5.74, 6) is -10.5. The van der Waals surface area contributed by atoms with Crippen LogP contribution in [0.25, 0.3) is 0 Å². The fourth-order valence-electron chi connectivity index (χ4n) is 7.37. The number of fused-ring (bicyclic) bond motifs is 3. The largest absolute Gasteiger partial charge is 0.507 e. The number of carbonyl (C=O) groups excluding carboxylic acids is 6. The van der Waals surface area contributed by atoms with E-state index < -0.39 is 81.6 Å². The fourth-order valence-corrected chi connectivity index (χ4v) is 7.37. The van der Waals surface area contributed by atoms with Gasteiger partial charge in [-0.25, -0.2) is 4.79 Å². The number of likely N-dealkylation sites (N-methyl/N-ethyl adjacent to an activating group) is 1. The molecule has 0 saturated heterocycles. The first-order chi connectivity index (χ1) is 20.9. The number of nitriles is 1. The van der Waals surface area contributed by atoms with Crippen LogP contribution in [0.2, 0.25) is 0 Å². The number of aromatic hydroxyl groups is 1. The number of hydrogen-bond acceptors (Lipinski definition) is 12. The molecule has 15 heteroatoms. The van der Waals surface area contributed by atoms with Crippen LogP contribution in [0.4, 0.5) is 10.5 Å². The second-order valence-electron chi connectivity index (χ2n) is 12.5. The van der Waals surface area contributed by atoms with Crippen LogP contribution < -0.4 is 32.7 Å². The van der Waals surface area contributed by atoms with E-state index in [2.05, 4.69) is 17.2 Å². The third kappa shape index (κ3) is 4.68. The van der Waals surface area contributed by atoms with Gasteiger partial charge >= 0.3 is 6.03 Å². The van der Waals surface area contributed by atoms with Crippen molar-refractivity contribution in [1.29, 1.82) is 5.26 Å². The van der Waals surface area contributed by atoms with Gasteiger partial charge in [0.05, 0.1) is 23.2 Å². The lowest BCUT2D eigenvalue weighted by Crippen LogP contribution is -2.85. The van der Waals surface area contributed by atoms with E-state index in [1.165, 1.54) is 19.0 Å². The molecule has 0 aromatic heterocycles. The van der Waals surface area contributed by atoms with Crippen molar-refractivity contribution in [2.24, 2.45) is 34.5 Å². The number of nitrogens with zero attached hydrogens (tertiary/aromatic N) is 3.